The van der Waals surface area contributed by atoms with E-state index < -0.39 is 10.0 Å². The van der Waals surface area contributed by atoms with E-state index in [0.717, 1.165) is 12.8 Å². The zero-order chi connectivity index (χ0) is 16.0. The summed E-state index contributed by atoms with van der Waals surface area (Å²) < 4.78 is 37.4. The lowest BCUT2D eigenvalue weighted by molar-refractivity contribution is -0.133. The minimum absolute atomic E-state index is 0.112. The number of ether oxygens (including phenoxy) is 2. The minimum atomic E-state index is -3.58. The van der Waals surface area contributed by atoms with Crippen molar-refractivity contribution >= 4 is 15.9 Å². The van der Waals surface area contributed by atoms with Gasteiger partial charge in [0.15, 0.2) is 11.5 Å². The van der Waals surface area contributed by atoms with Gasteiger partial charge in [0, 0.05) is 38.2 Å². The van der Waals surface area contributed by atoms with Crippen molar-refractivity contribution in [3.05, 3.63) is 18.2 Å². The third kappa shape index (κ3) is 2.66. The number of carbonyl (C=O) groups excluding carboxylic acids is 1. The molecule has 0 unspecified atom stereocenters. The Hall–Kier alpha value is -1.80. The van der Waals surface area contributed by atoms with Crippen molar-refractivity contribution in [1.29, 1.82) is 0 Å². The molecule has 124 valence electrons. The average molecular weight is 338 g/mol. The molecule has 0 atom stereocenters. The molecule has 7 nitrogen and oxygen atoms in total. The highest BCUT2D eigenvalue weighted by Crippen LogP contribution is 2.35. The van der Waals surface area contributed by atoms with Crippen molar-refractivity contribution in [1.82, 2.24) is 9.21 Å². The van der Waals surface area contributed by atoms with Gasteiger partial charge in [-0.15, -0.1) is 0 Å². The summed E-state index contributed by atoms with van der Waals surface area (Å²) in [6.45, 7) is 1.68. The number of benzene rings is 1. The SMILES string of the molecule is O=C(C1CC1)N1CCN(S(=O)(=O)c2ccc3c(c2)OCO3)CC1. The van der Waals surface area contributed by atoms with Crippen LogP contribution in [-0.4, -0.2) is 56.5 Å². The predicted octanol–water partition coefficient (Wildman–Crippen LogP) is 0.658. The van der Waals surface area contributed by atoms with Crippen LogP contribution < -0.4 is 9.47 Å². The summed E-state index contributed by atoms with van der Waals surface area (Å²) in [7, 11) is -3.58. The van der Waals surface area contributed by atoms with E-state index in [0.29, 0.717) is 37.7 Å². The van der Waals surface area contributed by atoms with Gasteiger partial charge in [-0.3, -0.25) is 4.79 Å². The summed E-state index contributed by atoms with van der Waals surface area (Å²) in [5.41, 5.74) is 0. The van der Waals surface area contributed by atoms with Gasteiger partial charge in [-0.1, -0.05) is 0 Å². The Morgan fingerprint density at radius 1 is 1.04 bits per heavy atom. The number of nitrogens with zero attached hydrogens (tertiary/aromatic N) is 2. The Labute approximate surface area is 134 Å². The second kappa shape index (κ2) is 5.38. The van der Waals surface area contributed by atoms with Crippen LogP contribution in [0.1, 0.15) is 12.8 Å². The molecule has 0 aromatic heterocycles. The van der Waals surface area contributed by atoms with Gasteiger partial charge < -0.3 is 14.4 Å². The number of amides is 1. The van der Waals surface area contributed by atoms with Gasteiger partial charge >= 0.3 is 0 Å². The van der Waals surface area contributed by atoms with Crippen LogP contribution >= 0.6 is 0 Å². The van der Waals surface area contributed by atoms with Crippen molar-refractivity contribution in [2.24, 2.45) is 5.92 Å². The van der Waals surface area contributed by atoms with Gasteiger partial charge in [-0.2, -0.15) is 4.31 Å². The normalized spacial score (nSPS) is 21.5. The monoisotopic (exact) mass is 338 g/mol. The molecule has 1 aromatic carbocycles. The second-order valence-electron chi connectivity index (χ2n) is 6.02. The van der Waals surface area contributed by atoms with Crippen LogP contribution in [0.15, 0.2) is 23.1 Å². The molecule has 1 saturated carbocycles. The quantitative estimate of drug-likeness (QED) is 0.809. The molecule has 1 aromatic rings. The third-order valence-electron chi connectivity index (χ3n) is 4.46. The molecule has 3 aliphatic rings. The van der Waals surface area contributed by atoms with Crippen molar-refractivity contribution < 1.29 is 22.7 Å². The molecule has 0 spiro atoms. The molecule has 2 aliphatic heterocycles. The van der Waals surface area contributed by atoms with Gasteiger partial charge in [0.1, 0.15) is 0 Å². The summed E-state index contributed by atoms with van der Waals surface area (Å²) in [4.78, 5) is 14.0. The predicted molar refractivity (Wildman–Crippen MR) is 80.6 cm³/mol. The van der Waals surface area contributed by atoms with E-state index in [9.17, 15) is 13.2 Å². The summed E-state index contributed by atoms with van der Waals surface area (Å²) >= 11 is 0. The summed E-state index contributed by atoms with van der Waals surface area (Å²) in [6.07, 6.45) is 1.93. The highest BCUT2D eigenvalue weighted by molar-refractivity contribution is 7.89. The fourth-order valence-electron chi connectivity index (χ4n) is 2.92. The number of hydrogen-bond acceptors (Lipinski definition) is 5. The Bertz CT molecular complexity index is 736. The molecule has 1 amide bonds. The van der Waals surface area contributed by atoms with E-state index in [4.69, 9.17) is 9.47 Å². The summed E-state index contributed by atoms with van der Waals surface area (Å²) in [5, 5.41) is 0. The Morgan fingerprint density at radius 3 is 2.43 bits per heavy atom. The van der Waals surface area contributed by atoms with E-state index >= 15 is 0 Å². The molecule has 4 rings (SSSR count). The van der Waals surface area contributed by atoms with Crippen LogP contribution in [-0.2, 0) is 14.8 Å². The van der Waals surface area contributed by atoms with Gasteiger partial charge in [-0.25, -0.2) is 8.42 Å². The first-order valence-corrected chi connectivity index (χ1v) is 9.18. The number of sulfonamides is 1. The number of fused-ring (bicyclic) bond motifs is 1. The Kier molecular flexibility index (Phi) is 3.46. The van der Waals surface area contributed by atoms with Crippen molar-refractivity contribution in [3.8, 4) is 11.5 Å². The first kappa shape index (κ1) is 14.8. The van der Waals surface area contributed by atoms with Crippen LogP contribution in [0.3, 0.4) is 0 Å². The lowest BCUT2D eigenvalue weighted by atomic mass is 10.3. The number of carbonyl (C=O) groups is 1. The number of piperazine rings is 1. The highest BCUT2D eigenvalue weighted by Gasteiger charge is 2.36. The van der Waals surface area contributed by atoms with E-state index in [2.05, 4.69) is 0 Å². The molecule has 2 heterocycles. The lowest BCUT2D eigenvalue weighted by Crippen LogP contribution is -2.50. The fraction of sp³-hybridized carbons (Fsp3) is 0.533. The molecule has 1 saturated heterocycles. The average Bonchev–Trinajstić information content (AvgIpc) is 3.31. The topological polar surface area (TPSA) is 76.2 Å². The molecule has 0 radical (unpaired) electrons. The van der Waals surface area contributed by atoms with Crippen LogP contribution in [0, 0.1) is 5.92 Å². The second-order valence-corrected chi connectivity index (χ2v) is 7.96. The van der Waals surface area contributed by atoms with Crippen molar-refractivity contribution in [2.75, 3.05) is 33.0 Å². The molecular weight excluding hydrogens is 320 g/mol. The first-order valence-electron chi connectivity index (χ1n) is 7.74. The van der Waals surface area contributed by atoms with Gasteiger partial charge in [0.25, 0.3) is 0 Å². The molecule has 1 aliphatic carbocycles. The van der Waals surface area contributed by atoms with E-state index in [-0.39, 0.29) is 23.5 Å². The molecule has 2 fully saturated rings. The van der Waals surface area contributed by atoms with Crippen molar-refractivity contribution in [2.45, 2.75) is 17.7 Å². The molecule has 23 heavy (non-hydrogen) atoms. The summed E-state index contributed by atoms with van der Waals surface area (Å²) in [5.74, 6) is 1.36. The molecule has 8 heteroatoms. The first-order chi connectivity index (χ1) is 11.1. The van der Waals surface area contributed by atoms with Crippen LogP contribution in [0.4, 0.5) is 0 Å². The smallest absolute Gasteiger partial charge is 0.243 e. The van der Waals surface area contributed by atoms with Crippen LogP contribution in [0.2, 0.25) is 0 Å². The third-order valence-corrected chi connectivity index (χ3v) is 6.35. The largest absolute Gasteiger partial charge is 0.454 e. The maximum atomic E-state index is 12.7. The molecular formula is C15H18N2O5S. The van der Waals surface area contributed by atoms with E-state index in [1.165, 1.54) is 16.4 Å². The number of hydrogen-bond donors (Lipinski definition) is 0. The number of rotatable bonds is 3. The standard InChI is InChI=1S/C15H18N2O5S/c18-15(11-1-2-11)16-5-7-17(8-6-16)23(19,20)12-3-4-13-14(9-12)22-10-21-13/h3-4,9,11H,1-2,5-8,10H2. The molecule has 0 N–H and O–H groups in total. The summed E-state index contributed by atoms with van der Waals surface area (Å²) in [6, 6.07) is 4.64. The Morgan fingerprint density at radius 2 is 1.74 bits per heavy atom. The minimum Gasteiger partial charge on any atom is -0.454 e. The van der Waals surface area contributed by atoms with Crippen molar-refractivity contribution in [3.63, 3.8) is 0 Å². The van der Waals surface area contributed by atoms with E-state index in [1.807, 2.05) is 0 Å². The van der Waals surface area contributed by atoms with Crippen LogP contribution in [0.5, 0.6) is 11.5 Å². The van der Waals surface area contributed by atoms with E-state index in [1.54, 1.807) is 11.0 Å². The van der Waals surface area contributed by atoms with Gasteiger partial charge in [0.05, 0.1) is 4.90 Å². The van der Waals surface area contributed by atoms with Gasteiger partial charge in [0.2, 0.25) is 22.7 Å². The van der Waals surface area contributed by atoms with Gasteiger partial charge in [-0.05, 0) is 25.0 Å². The van der Waals surface area contributed by atoms with Crippen LogP contribution in [0.25, 0.3) is 0 Å². The maximum absolute atomic E-state index is 12.7. The zero-order valence-corrected chi connectivity index (χ0v) is 13.4. The Balaban J connectivity index is 1.48. The molecule has 0 bridgehead atoms. The maximum Gasteiger partial charge on any atom is 0.243 e. The lowest BCUT2D eigenvalue weighted by Gasteiger charge is -2.34. The zero-order valence-electron chi connectivity index (χ0n) is 12.6. The fourth-order valence-corrected chi connectivity index (χ4v) is 4.36. The highest BCUT2D eigenvalue weighted by atomic mass is 32.2.